The lowest BCUT2D eigenvalue weighted by Crippen LogP contribution is -2.16. The molecule has 170 valence electrons. The summed E-state index contributed by atoms with van der Waals surface area (Å²) in [4.78, 5) is 15.8. The lowest BCUT2D eigenvalue weighted by atomic mass is 10.0. The fourth-order valence-corrected chi connectivity index (χ4v) is 3.99. The molecule has 0 spiro atoms. The van der Waals surface area contributed by atoms with Gasteiger partial charge in [0.2, 0.25) is 0 Å². The molecule has 0 aliphatic heterocycles. The summed E-state index contributed by atoms with van der Waals surface area (Å²) in [7, 11) is 1.41. The number of carbonyl (C=O) groups is 1. The van der Waals surface area contributed by atoms with Gasteiger partial charge in [0, 0.05) is 23.8 Å². The second kappa shape index (κ2) is 11.7. The van der Waals surface area contributed by atoms with Crippen LogP contribution in [-0.2, 0) is 22.4 Å². The van der Waals surface area contributed by atoms with Crippen molar-refractivity contribution in [3.63, 3.8) is 0 Å². The molecular formula is C26H31NO4S. The molecule has 0 bridgehead atoms. The zero-order valence-electron chi connectivity index (χ0n) is 19.2. The molecule has 0 unspecified atom stereocenters. The molecular weight excluding hydrogens is 422 g/mol. The second-order valence-corrected chi connectivity index (χ2v) is 8.51. The van der Waals surface area contributed by atoms with Crippen molar-refractivity contribution in [1.29, 1.82) is 0 Å². The van der Waals surface area contributed by atoms with Gasteiger partial charge < -0.3 is 14.2 Å². The van der Waals surface area contributed by atoms with Crippen LogP contribution in [0.15, 0.2) is 47.3 Å². The average Bonchev–Trinajstić information content (AvgIpc) is 3.33. The van der Waals surface area contributed by atoms with E-state index in [0.717, 1.165) is 46.7 Å². The molecule has 0 saturated heterocycles. The summed E-state index contributed by atoms with van der Waals surface area (Å²) >= 11 is 1.58. The van der Waals surface area contributed by atoms with Crippen molar-refractivity contribution < 1.29 is 19.0 Å². The number of benzene rings is 2. The second-order valence-electron chi connectivity index (χ2n) is 7.79. The van der Waals surface area contributed by atoms with E-state index < -0.39 is 0 Å². The van der Waals surface area contributed by atoms with E-state index in [1.807, 2.05) is 42.1 Å². The summed E-state index contributed by atoms with van der Waals surface area (Å²) in [6, 6.07) is 12.3. The van der Waals surface area contributed by atoms with Crippen LogP contribution < -0.4 is 9.47 Å². The van der Waals surface area contributed by atoms with Gasteiger partial charge in [-0.3, -0.25) is 4.79 Å². The van der Waals surface area contributed by atoms with Gasteiger partial charge in [0.1, 0.15) is 11.5 Å². The van der Waals surface area contributed by atoms with Crippen molar-refractivity contribution in [3.8, 4) is 22.8 Å². The zero-order chi connectivity index (χ0) is 22.9. The number of carbonyl (C=O) groups excluding carboxylic acids is 1. The van der Waals surface area contributed by atoms with E-state index in [1.165, 1.54) is 12.7 Å². The van der Waals surface area contributed by atoms with E-state index in [9.17, 15) is 4.79 Å². The Hall–Kier alpha value is -2.86. The van der Waals surface area contributed by atoms with E-state index >= 15 is 0 Å². The molecule has 3 aromatic rings. The van der Waals surface area contributed by atoms with Crippen molar-refractivity contribution in [2.45, 2.75) is 52.6 Å². The predicted octanol–water partition coefficient (Wildman–Crippen LogP) is 6.02. The number of nitrogens with zero attached hydrogens (tertiary/aromatic N) is 1. The fourth-order valence-electron chi connectivity index (χ4n) is 3.44. The monoisotopic (exact) mass is 453 g/mol. The Morgan fingerprint density at radius 3 is 2.72 bits per heavy atom. The number of hydrogen-bond acceptors (Lipinski definition) is 6. The third-order valence-corrected chi connectivity index (χ3v) is 6.01. The fraction of sp³-hybridized carbons (Fsp3) is 0.385. The summed E-state index contributed by atoms with van der Waals surface area (Å²) in [5.74, 6) is 1.49. The minimum Gasteiger partial charge on any atom is -0.493 e. The van der Waals surface area contributed by atoms with Gasteiger partial charge in [-0.2, -0.15) is 0 Å². The molecule has 2 aromatic carbocycles. The van der Waals surface area contributed by atoms with Gasteiger partial charge in [0.15, 0.2) is 0 Å². The highest BCUT2D eigenvalue weighted by Gasteiger charge is 2.13. The van der Waals surface area contributed by atoms with Gasteiger partial charge in [-0.25, -0.2) is 4.98 Å². The Bertz CT molecular complexity index is 1020. The SMILES string of the molecule is CCc1ccc(O[C@@H](C)CCOc2ccc(CCC(=O)OC)c(C)c2)c(-c2cscn2)c1. The molecule has 6 heteroatoms. The molecule has 3 rings (SSSR count). The van der Waals surface area contributed by atoms with E-state index in [1.54, 1.807) is 11.3 Å². The number of rotatable bonds is 11. The number of thiazole rings is 1. The van der Waals surface area contributed by atoms with Crippen LogP contribution in [0, 0.1) is 6.92 Å². The molecule has 0 radical (unpaired) electrons. The Balaban J connectivity index is 1.54. The van der Waals surface area contributed by atoms with Gasteiger partial charge in [-0.15, -0.1) is 11.3 Å². The molecule has 5 nitrogen and oxygen atoms in total. The van der Waals surface area contributed by atoms with Crippen molar-refractivity contribution >= 4 is 17.3 Å². The summed E-state index contributed by atoms with van der Waals surface area (Å²) in [6.07, 6.45) is 2.79. The van der Waals surface area contributed by atoms with Gasteiger partial charge in [0.25, 0.3) is 0 Å². The Labute approximate surface area is 194 Å². The highest BCUT2D eigenvalue weighted by molar-refractivity contribution is 7.07. The number of aryl methyl sites for hydroxylation is 3. The summed E-state index contributed by atoms with van der Waals surface area (Å²) in [5.41, 5.74) is 7.34. The van der Waals surface area contributed by atoms with Crippen LogP contribution in [-0.4, -0.2) is 30.8 Å². The van der Waals surface area contributed by atoms with Crippen LogP contribution in [0.3, 0.4) is 0 Å². The standard InChI is InChI=1S/C26H31NO4S/c1-5-20-6-10-25(23(15-20)24-16-32-17-27-24)31-19(3)12-13-30-22-9-7-21(18(2)14-22)8-11-26(28)29-4/h6-7,9-10,14-17,19H,5,8,11-13H2,1-4H3/t19-/m0/s1. The molecule has 1 heterocycles. The van der Waals surface area contributed by atoms with E-state index in [0.29, 0.717) is 19.4 Å². The number of esters is 1. The Kier molecular flexibility index (Phi) is 8.68. The van der Waals surface area contributed by atoms with Crippen molar-refractivity contribution in [3.05, 3.63) is 64.0 Å². The third kappa shape index (κ3) is 6.57. The van der Waals surface area contributed by atoms with Gasteiger partial charge in [-0.1, -0.05) is 19.1 Å². The number of ether oxygens (including phenoxy) is 3. The summed E-state index contributed by atoms with van der Waals surface area (Å²) < 4.78 is 16.9. The summed E-state index contributed by atoms with van der Waals surface area (Å²) in [5, 5.41) is 2.05. The maximum Gasteiger partial charge on any atom is 0.305 e. The van der Waals surface area contributed by atoms with Gasteiger partial charge >= 0.3 is 5.97 Å². The minimum absolute atomic E-state index is 0.000267. The normalized spacial score (nSPS) is 11.8. The highest BCUT2D eigenvalue weighted by atomic mass is 32.1. The molecule has 1 atom stereocenters. The van der Waals surface area contributed by atoms with Crippen LogP contribution in [0.5, 0.6) is 11.5 Å². The molecule has 0 N–H and O–H groups in total. The first-order valence-corrected chi connectivity index (χ1v) is 11.9. The Morgan fingerprint density at radius 1 is 1.19 bits per heavy atom. The molecule has 32 heavy (non-hydrogen) atoms. The first-order chi connectivity index (χ1) is 15.5. The minimum atomic E-state index is -0.194. The van der Waals surface area contributed by atoms with Crippen molar-refractivity contribution in [2.24, 2.45) is 0 Å². The van der Waals surface area contributed by atoms with Crippen molar-refractivity contribution in [1.82, 2.24) is 4.98 Å². The molecule has 0 aliphatic carbocycles. The van der Waals surface area contributed by atoms with E-state index in [2.05, 4.69) is 31.0 Å². The van der Waals surface area contributed by atoms with Crippen LogP contribution in [0.1, 0.15) is 43.4 Å². The molecule has 0 fully saturated rings. The highest BCUT2D eigenvalue weighted by Crippen LogP contribution is 2.32. The number of hydrogen-bond donors (Lipinski definition) is 0. The quantitative estimate of drug-likeness (QED) is 0.332. The van der Waals surface area contributed by atoms with Crippen LogP contribution in [0.4, 0.5) is 0 Å². The van der Waals surface area contributed by atoms with Gasteiger partial charge in [0.05, 0.1) is 31.0 Å². The van der Waals surface area contributed by atoms with Crippen LogP contribution in [0.25, 0.3) is 11.3 Å². The Morgan fingerprint density at radius 2 is 2.03 bits per heavy atom. The van der Waals surface area contributed by atoms with E-state index in [4.69, 9.17) is 14.2 Å². The van der Waals surface area contributed by atoms with Crippen molar-refractivity contribution in [2.75, 3.05) is 13.7 Å². The molecule has 0 saturated carbocycles. The maximum atomic E-state index is 11.4. The third-order valence-electron chi connectivity index (χ3n) is 5.42. The van der Waals surface area contributed by atoms with Crippen LogP contribution in [0.2, 0.25) is 0 Å². The molecule has 0 aliphatic rings. The smallest absolute Gasteiger partial charge is 0.305 e. The van der Waals surface area contributed by atoms with E-state index in [-0.39, 0.29) is 12.1 Å². The first kappa shape index (κ1) is 23.8. The summed E-state index contributed by atoms with van der Waals surface area (Å²) in [6.45, 7) is 6.80. The average molecular weight is 454 g/mol. The predicted molar refractivity (Wildman–Crippen MR) is 129 cm³/mol. The topological polar surface area (TPSA) is 57.7 Å². The van der Waals surface area contributed by atoms with Gasteiger partial charge in [-0.05, 0) is 67.6 Å². The van der Waals surface area contributed by atoms with Crippen LogP contribution >= 0.6 is 11.3 Å². The molecule has 0 amide bonds. The molecule has 1 aromatic heterocycles. The lowest BCUT2D eigenvalue weighted by Gasteiger charge is -2.18. The maximum absolute atomic E-state index is 11.4. The zero-order valence-corrected chi connectivity index (χ0v) is 20.0. The number of methoxy groups -OCH3 is 1. The lowest BCUT2D eigenvalue weighted by molar-refractivity contribution is -0.140. The largest absolute Gasteiger partial charge is 0.493 e. The first-order valence-electron chi connectivity index (χ1n) is 11.0. The number of aromatic nitrogens is 1.